The number of halogens is 1. The molecule has 1 amide bonds. The maximum atomic E-state index is 13.1. The van der Waals surface area contributed by atoms with Gasteiger partial charge in [0.15, 0.2) is 0 Å². The van der Waals surface area contributed by atoms with Crippen LogP contribution < -0.4 is 10.1 Å². The number of rotatable bonds is 7. The van der Waals surface area contributed by atoms with Crippen molar-refractivity contribution in [3.8, 4) is 5.75 Å². The molecular formula is C17H22FN3O2. The Morgan fingerprint density at radius 3 is 2.87 bits per heavy atom. The number of imidazole rings is 1. The van der Waals surface area contributed by atoms with E-state index >= 15 is 0 Å². The monoisotopic (exact) mass is 319 g/mol. The molecule has 0 radical (unpaired) electrons. The zero-order valence-electron chi connectivity index (χ0n) is 13.6. The van der Waals surface area contributed by atoms with Crippen LogP contribution in [0.3, 0.4) is 0 Å². The lowest BCUT2D eigenvalue weighted by molar-refractivity contribution is -0.122. The third kappa shape index (κ3) is 5.09. The predicted octanol–water partition coefficient (Wildman–Crippen LogP) is 2.73. The molecule has 124 valence electrons. The minimum atomic E-state index is -0.347. The first-order valence-corrected chi connectivity index (χ1v) is 7.65. The van der Waals surface area contributed by atoms with Crippen LogP contribution in [-0.2, 0) is 11.3 Å². The number of hydrogen-bond donors (Lipinski definition) is 1. The minimum Gasteiger partial charge on any atom is -0.489 e. The summed E-state index contributed by atoms with van der Waals surface area (Å²) in [6.07, 6.45) is 3.23. The zero-order valence-corrected chi connectivity index (χ0v) is 13.6. The van der Waals surface area contributed by atoms with Crippen LogP contribution in [-0.4, -0.2) is 28.1 Å². The lowest BCUT2D eigenvalue weighted by Gasteiger charge is -2.16. The molecule has 0 bridgehead atoms. The summed E-state index contributed by atoms with van der Waals surface area (Å²) >= 11 is 0. The van der Waals surface area contributed by atoms with Crippen LogP contribution in [0.4, 0.5) is 4.39 Å². The molecule has 0 saturated heterocycles. The van der Waals surface area contributed by atoms with E-state index in [-0.39, 0.29) is 30.3 Å². The number of amides is 1. The third-order valence-electron chi connectivity index (χ3n) is 3.30. The van der Waals surface area contributed by atoms with Crippen molar-refractivity contribution in [1.82, 2.24) is 14.9 Å². The summed E-state index contributed by atoms with van der Waals surface area (Å²) in [6.45, 7) is 6.46. The molecule has 1 aromatic carbocycles. The number of carbonyl (C=O) groups excluding carboxylic acids is 1. The number of hydrogen-bond acceptors (Lipinski definition) is 3. The highest BCUT2D eigenvalue weighted by Gasteiger charge is 2.12. The summed E-state index contributed by atoms with van der Waals surface area (Å²) in [5.41, 5.74) is 0. The summed E-state index contributed by atoms with van der Waals surface area (Å²) in [7, 11) is 0. The van der Waals surface area contributed by atoms with Crippen molar-refractivity contribution in [2.45, 2.75) is 39.3 Å². The molecular weight excluding hydrogens is 297 g/mol. The van der Waals surface area contributed by atoms with Gasteiger partial charge in [0.25, 0.3) is 0 Å². The van der Waals surface area contributed by atoms with Gasteiger partial charge >= 0.3 is 0 Å². The zero-order chi connectivity index (χ0) is 16.8. The van der Waals surface area contributed by atoms with E-state index in [9.17, 15) is 9.18 Å². The number of nitrogens with one attached hydrogen (secondary N) is 1. The molecule has 0 aliphatic carbocycles. The molecule has 1 heterocycles. The van der Waals surface area contributed by atoms with Gasteiger partial charge in [-0.1, -0.05) is 19.9 Å². The summed E-state index contributed by atoms with van der Waals surface area (Å²) in [4.78, 5) is 16.3. The molecule has 0 aliphatic rings. The average molecular weight is 319 g/mol. The highest BCUT2D eigenvalue weighted by Crippen LogP contribution is 2.14. The van der Waals surface area contributed by atoms with Gasteiger partial charge < -0.3 is 14.6 Å². The smallest absolute Gasteiger partial charge is 0.240 e. The fourth-order valence-corrected chi connectivity index (χ4v) is 2.24. The molecule has 23 heavy (non-hydrogen) atoms. The van der Waals surface area contributed by atoms with Gasteiger partial charge in [0.05, 0.1) is 6.54 Å². The Kier molecular flexibility index (Phi) is 5.73. The van der Waals surface area contributed by atoms with Gasteiger partial charge in [-0.25, -0.2) is 9.37 Å². The minimum absolute atomic E-state index is 0.111. The van der Waals surface area contributed by atoms with Crippen LogP contribution in [0.2, 0.25) is 0 Å². The van der Waals surface area contributed by atoms with E-state index in [2.05, 4.69) is 10.3 Å². The number of carbonyl (C=O) groups is 1. The Morgan fingerprint density at radius 2 is 2.17 bits per heavy atom. The second-order valence-corrected chi connectivity index (χ2v) is 5.76. The molecule has 1 aromatic heterocycles. The van der Waals surface area contributed by atoms with Gasteiger partial charge in [-0.15, -0.1) is 0 Å². The van der Waals surface area contributed by atoms with E-state index in [0.29, 0.717) is 12.3 Å². The third-order valence-corrected chi connectivity index (χ3v) is 3.30. The largest absolute Gasteiger partial charge is 0.489 e. The normalized spacial score (nSPS) is 12.2. The van der Waals surface area contributed by atoms with Crippen molar-refractivity contribution >= 4 is 5.91 Å². The van der Waals surface area contributed by atoms with Gasteiger partial charge in [0, 0.05) is 24.4 Å². The van der Waals surface area contributed by atoms with Crippen LogP contribution in [0, 0.1) is 5.82 Å². The van der Waals surface area contributed by atoms with Gasteiger partial charge in [-0.3, -0.25) is 4.79 Å². The fourth-order valence-electron chi connectivity index (χ4n) is 2.24. The van der Waals surface area contributed by atoms with E-state index in [1.807, 2.05) is 25.3 Å². The summed E-state index contributed by atoms with van der Waals surface area (Å²) in [5.74, 6) is 1.13. The van der Waals surface area contributed by atoms with E-state index in [4.69, 9.17) is 4.74 Å². The first-order valence-electron chi connectivity index (χ1n) is 7.65. The predicted molar refractivity (Wildman–Crippen MR) is 85.8 cm³/mol. The van der Waals surface area contributed by atoms with Crippen molar-refractivity contribution in [3.05, 3.63) is 48.3 Å². The molecule has 0 saturated carbocycles. The molecule has 0 spiro atoms. The fraction of sp³-hybridized carbons (Fsp3) is 0.412. The molecule has 5 nitrogen and oxygen atoms in total. The number of benzene rings is 1. The van der Waals surface area contributed by atoms with Crippen molar-refractivity contribution in [2.24, 2.45) is 0 Å². The number of ether oxygens (including phenoxy) is 1. The number of nitrogens with zero attached hydrogens (tertiary/aromatic N) is 2. The quantitative estimate of drug-likeness (QED) is 0.854. The molecule has 1 unspecified atom stereocenters. The van der Waals surface area contributed by atoms with Crippen LogP contribution >= 0.6 is 0 Å². The lowest BCUT2D eigenvalue weighted by atomic mass is 10.2. The average Bonchev–Trinajstić information content (AvgIpc) is 2.93. The van der Waals surface area contributed by atoms with Crippen LogP contribution in [0.5, 0.6) is 5.75 Å². The van der Waals surface area contributed by atoms with Crippen molar-refractivity contribution < 1.29 is 13.9 Å². The molecule has 1 atom stereocenters. The highest BCUT2D eigenvalue weighted by atomic mass is 19.1. The van der Waals surface area contributed by atoms with Crippen molar-refractivity contribution in [3.63, 3.8) is 0 Å². The van der Waals surface area contributed by atoms with Crippen LogP contribution in [0.15, 0.2) is 36.7 Å². The van der Waals surface area contributed by atoms with Crippen LogP contribution in [0.25, 0.3) is 0 Å². The Morgan fingerprint density at radius 1 is 1.39 bits per heavy atom. The first-order chi connectivity index (χ1) is 11.0. The Labute approximate surface area is 135 Å². The summed E-state index contributed by atoms with van der Waals surface area (Å²) in [6, 6.07) is 5.94. The summed E-state index contributed by atoms with van der Waals surface area (Å²) < 4.78 is 20.5. The Balaban J connectivity index is 1.81. The van der Waals surface area contributed by atoms with Gasteiger partial charge in [0.1, 0.15) is 30.0 Å². The molecule has 1 N–H and O–H groups in total. The van der Waals surface area contributed by atoms with Gasteiger partial charge in [-0.2, -0.15) is 0 Å². The van der Waals surface area contributed by atoms with E-state index < -0.39 is 0 Å². The Hall–Kier alpha value is -2.37. The highest BCUT2D eigenvalue weighted by molar-refractivity contribution is 5.75. The SMILES string of the molecule is CC(CNC(=O)Cn1ccnc1C(C)C)Oc1cccc(F)c1. The van der Waals surface area contributed by atoms with Gasteiger partial charge in [0.2, 0.25) is 5.91 Å². The van der Waals surface area contributed by atoms with E-state index in [0.717, 1.165) is 5.82 Å². The van der Waals surface area contributed by atoms with E-state index in [1.54, 1.807) is 24.5 Å². The summed E-state index contributed by atoms with van der Waals surface area (Å²) in [5, 5.41) is 2.82. The second-order valence-electron chi connectivity index (χ2n) is 5.76. The maximum absolute atomic E-state index is 13.1. The van der Waals surface area contributed by atoms with Gasteiger partial charge in [-0.05, 0) is 19.1 Å². The maximum Gasteiger partial charge on any atom is 0.240 e. The lowest BCUT2D eigenvalue weighted by Crippen LogP contribution is -2.35. The topological polar surface area (TPSA) is 56.2 Å². The molecule has 2 aromatic rings. The molecule has 0 aliphatic heterocycles. The van der Waals surface area contributed by atoms with E-state index in [1.165, 1.54) is 12.1 Å². The molecule has 0 fully saturated rings. The molecule has 6 heteroatoms. The number of aromatic nitrogens is 2. The van der Waals surface area contributed by atoms with Crippen molar-refractivity contribution in [1.29, 1.82) is 0 Å². The second kappa shape index (κ2) is 7.76. The molecule has 2 rings (SSSR count). The first kappa shape index (κ1) is 17.0. The Bertz CT molecular complexity index is 655. The van der Waals surface area contributed by atoms with Crippen LogP contribution in [0.1, 0.15) is 32.5 Å². The standard InChI is InChI=1S/C17H22FN3O2/c1-12(2)17-19-7-8-21(17)11-16(22)20-10-13(3)23-15-6-4-5-14(18)9-15/h4-9,12-13H,10-11H2,1-3H3,(H,20,22). The van der Waals surface area contributed by atoms with Crippen molar-refractivity contribution in [2.75, 3.05) is 6.54 Å².